The Morgan fingerprint density at radius 2 is 1.66 bits per heavy atom. The van der Waals surface area contributed by atoms with Crippen molar-refractivity contribution in [2.24, 2.45) is 0 Å². The van der Waals surface area contributed by atoms with Crippen LogP contribution in [-0.2, 0) is 16.0 Å². The monoisotopic (exact) mass is 461 g/mol. The summed E-state index contributed by atoms with van der Waals surface area (Å²) in [5, 5.41) is 9.78. The fourth-order valence-electron chi connectivity index (χ4n) is 3.32. The van der Waals surface area contributed by atoms with Crippen molar-refractivity contribution in [3.8, 4) is 11.5 Å². The maximum atomic E-state index is 13.1. The number of thioether (sulfide) groups is 1. The second-order valence-electron chi connectivity index (χ2n) is 7.08. The maximum Gasteiger partial charge on any atom is 0.327 e. The molecular weight excluding hydrogens is 442 g/mol. The van der Waals surface area contributed by atoms with E-state index in [0.717, 1.165) is 22.9 Å². The highest BCUT2D eigenvalue weighted by atomic mass is 32.2. The smallest absolute Gasteiger partial charge is 0.327 e. The molecule has 32 heavy (non-hydrogen) atoms. The van der Waals surface area contributed by atoms with Gasteiger partial charge in [0.15, 0.2) is 0 Å². The first-order chi connectivity index (χ1) is 15.5. The number of aliphatic carboxylic acids is 1. The van der Waals surface area contributed by atoms with E-state index in [1.54, 1.807) is 6.08 Å². The molecule has 1 aliphatic rings. The minimum Gasteiger partial charge on any atom is -0.480 e. The normalized spacial score (nSPS) is 15.8. The van der Waals surface area contributed by atoms with E-state index >= 15 is 0 Å². The van der Waals surface area contributed by atoms with E-state index in [4.69, 9.17) is 17.0 Å². The average molecular weight is 462 g/mol. The Hall–Kier alpha value is -3.42. The molecule has 1 N–H and O–H groups in total. The molecule has 0 saturated carbocycles. The summed E-state index contributed by atoms with van der Waals surface area (Å²) in [5.41, 5.74) is 1.58. The van der Waals surface area contributed by atoms with Gasteiger partial charge in [-0.2, -0.15) is 0 Å². The molecule has 1 aliphatic heterocycles. The first-order valence-corrected chi connectivity index (χ1v) is 11.1. The topological polar surface area (TPSA) is 66.8 Å². The van der Waals surface area contributed by atoms with Gasteiger partial charge in [0.2, 0.25) is 0 Å². The number of hydrogen-bond acceptors (Lipinski definition) is 5. The molecule has 3 aromatic rings. The quantitative estimate of drug-likeness (QED) is 0.377. The molecule has 4 rings (SSSR count). The lowest BCUT2D eigenvalue weighted by molar-refractivity contribution is -0.145. The molecular formula is C25H19NO4S2. The van der Waals surface area contributed by atoms with Crippen LogP contribution >= 0.6 is 24.0 Å². The molecule has 3 aromatic carbocycles. The summed E-state index contributed by atoms with van der Waals surface area (Å²) in [6.07, 6.45) is 1.88. The number of thiocarbonyl (C=S) groups is 1. The summed E-state index contributed by atoms with van der Waals surface area (Å²) in [7, 11) is 0. The third kappa shape index (κ3) is 5.07. The number of para-hydroxylation sites is 1. The molecule has 160 valence electrons. The van der Waals surface area contributed by atoms with E-state index in [1.807, 2.05) is 84.9 Å². The van der Waals surface area contributed by atoms with Crippen LogP contribution in [-0.4, -0.2) is 32.2 Å². The van der Waals surface area contributed by atoms with Gasteiger partial charge < -0.3 is 9.84 Å². The maximum absolute atomic E-state index is 13.1. The molecule has 1 fully saturated rings. The average Bonchev–Trinajstić information content (AvgIpc) is 3.06. The summed E-state index contributed by atoms with van der Waals surface area (Å²) in [6, 6.07) is 24.9. The summed E-state index contributed by atoms with van der Waals surface area (Å²) in [6.45, 7) is 0. The summed E-state index contributed by atoms with van der Waals surface area (Å²) < 4.78 is 6.09. The van der Waals surface area contributed by atoms with Crippen molar-refractivity contribution in [2.75, 3.05) is 0 Å². The third-order valence-corrected chi connectivity index (χ3v) is 6.16. The van der Waals surface area contributed by atoms with Crippen LogP contribution in [0.2, 0.25) is 0 Å². The van der Waals surface area contributed by atoms with Crippen LogP contribution in [0.15, 0.2) is 89.8 Å². The molecule has 7 heteroatoms. The minimum atomic E-state index is -1.09. The van der Waals surface area contributed by atoms with Crippen molar-refractivity contribution in [2.45, 2.75) is 12.5 Å². The van der Waals surface area contributed by atoms with Gasteiger partial charge in [0.25, 0.3) is 5.91 Å². The number of carbonyl (C=O) groups excluding carboxylic acids is 1. The lowest BCUT2D eigenvalue weighted by Gasteiger charge is -2.23. The van der Waals surface area contributed by atoms with E-state index in [2.05, 4.69) is 0 Å². The van der Waals surface area contributed by atoms with Gasteiger partial charge in [0.05, 0.1) is 4.91 Å². The van der Waals surface area contributed by atoms with Crippen LogP contribution in [0.4, 0.5) is 0 Å². The molecule has 1 unspecified atom stereocenters. The zero-order valence-electron chi connectivity index (χ0n) is 16.9. The number of benzene rings is 3. The summed E-state index contributed by atoms with van der Waals surface area (Å²) in [5.74, 6) is -0.156. The van der Waals surface area contributed by atoms with Gasteiger partial charge in [-0.3, -0.25) is 9.69 Å². The number of carboxylic acids is 1. The second-order valence-corrected chi connectivity index (χ2v) is 8.76. The van der Waals surface area contributed by atoms with Gasteiger partial charge in [-0.05, 0) is 41.5 Å². The first kappa shape index (κ1) is 21.8. The van der Waals surface area contributed by atoms with E-state index in [1.165, 1.54) is 4.90 Å². The molecule has 1 saturated heterocycles. The Morgan fingerprint density at radius 3 is 2.34 bits per heavy atom. The van der Waals surface area contributed by atoms with Crippen LogP contribution in [0.25, 0.3) is 6.08 Å². The molecule has 1 heterocycles. The van der Waals surface area contributed by atoms with E-state index in [-0.39, 0.29) is 10.7 Å². The number of hydrogen-bond donors (Lipinski definition) is 1. The summed E-state index contributed by atoms with van der Waals surface area (Å²) in [4.78, 5) is 26.6. The van der Waals surface area contributed by atoms with E-state index in [9.17, 15) is 14.7 Å². The van der Waals surface area contributed by atoms with Crippen molar-refractivity contribution >= 4 is 46.3 Å². The molecule has 0 aliphatic carbocycles. The Labute approximate surface area is 195 Å². The molecule has 1 amide bonds. The fourth-order valence-corrected chi connectivity index (χ4v) is 4.68. The lowest BCUT2D eigenvalue weighted by atomic mass is 10.0. The number of carbonyl (C=O) groups is 2. The zero-order valence-corrected chi connectivity index (χ0v) is 18.5. The molecule has 5 nitrogen and oxygen atoms in total. The second kappa shape index (κ2) is 9.80. The van der Waals surface area contributed by atoms with Crippen molar-refractivity contribution < 1.29 is 19.4 Å². The van der Waals surface area contributed by atoms with Crippen molar-refractivity contribution in [1.82, 2.24) is 4.90 Å². The minimum absolute atomic E-state index is 0.177. The number of amides is 1. The largest absolute Gasteiger partial charge is 0.480 e. The molecule has 0 spiro atoms. The van der Waals surface area contributed by atoms with Crippen molar-refractivity contribution in [3.05, 3.63) is 101 Å². The van der Waals surface area contributed by atoms with Gasteiger partial charge in [-0.25, -0.2) is 4.79 Å². The highest BCUT2D eigenvalue weighted by molar-refractivity contribution is 8.26. The highest BCUT2D eigenvalue weighted by Crippen LogP contribution is 2.35. The number of ether oxygens (including phenoxy) is 1. The van der Waals surface area contributed by atoms with Gasteiger partial charge in [0, 0.05) is 6.42 Å². The van der Waals surface area contributed by atoms with E-state index < -0.39 is 17.9 Å². The van der Waals surface area contributed by atoms with Crippen molar-refractivity contribution in [3.63, 3.8) is 0 Å². The highest BCUT2D eigenvalue weighted by Gasteiger charge is 2.40. The van der Waals surface area contributed by atoms with E-state index in [0.29, 0.717) is 16.4 Å². The summed E-state index contributed by atoms with van der Waals surface area (Å²) >= 11 is 6.48. The standard InChI is InChI=1S/C25H19NO4S2/c27-23-22(16-18-10-7-13-20(14-18)30-19-11-5-2-6-12-19)32-25(31)26(23)21(24(28)29)15-17-8-3-1-4-9-17/h1-14,16,21H,15H2,(H,28,29)/b22-16-. The first-order valence-electron chi connectivity index (χ1n) is 9.88. The van der Waals surface area contributed by atoms with Gasteiger partial charge in [-0.15, -0.1) is 0 Å². The van der Waals surface area contributed by atoms with Gasteiger partial charge >= 0.3 is 5.97 Å². The molecule has 0 aromatic heterocycles. The Morgan fingerprint density at radius 1 is 1.00 bits per heavy atom. The van der Waals surface area contributed by atoms with Crippen molar-refractivity contribution in [1.29, 1.82) is 0 Å². The Bertz CT molecular complexity index is 1180. The van der Waals surface area contributed by atoms with Crippen LogP contribution in [0, 0.1) is 0 Å². The fraction of sp³-hybridized carbons (Fsp3) is 0.0800. The zero-order chi connectivity index (χ0) is 22.5. The third-order valence-electron chi connectivity index (χ3n) is 4.83. The number of nitrogens with zero attached hydrogens (tertiary/aromatic N) is 1. The predicted molar refractivity (Wildman–Crippen MR) is 130 cm³/mol. The predicted octanol–water partition coefficient (Wildman–Crippen LogP) is 5.38. The SMILES string of the molecule is O=C(O)C(Cc1ccccc1)N1C(=O)/C(=C/c2cccc(Oc3ccccc3)c2)SC1=S. The Kier molecular flexibility index (Phi) is 6.68. The molecule has 0 bridgehead atoms. The van der Waals surface area contributed by atoms with Gasteiger partial charge in [-0.1, -0.05) is 84.6 Å². The van der Waals surface area contributed by atoms with Crippen LogP contribution < -0.4 is 4.74 Å². The number of rotatable bonds is 7. The van der Waals surface area contributed by atoms with Gasteiger partial charge in [0.1, 0.15) is 21.9 Å². The molecule has 1 atom stereocenters. The Balaban J connectivity index is 1.55. The van der Waals surface area contributed by atoms with Crippen LogP contribution in [0.5, 0.6) is 11.5 Å². The lowest BCUT2D eigenvalue weighted by Crippen LogP contribution is -2.45. The van der Waals surface area contributed by atoms with Crippen LogP contribution in [0.3, 0.4) is 0 Å². The molecule has 0 radical (unpaired) electrons. The number of carboxylic acid groups (broad SMARTS) is 1. The van der Waals surface area contributed by atoms with Crippen LogP contribution in [0.1, 0.15) is 11.1 Å².